The van der Waals surface area contributed by atoms with E-state index in [4.69, 9.17) is 0 Å². The van der Waals surface area contributed by atoms with Crippen LogP contribution >= 0.6 is 11.3 Å². The van der Waals surface area contributed by atoms with Crippen molar-refractivity contribution >= 4 is 27.3 Å². The van der Waals surface area contributed by atoms with Crippen LogP contribution in [0, 0.1) is 0 Å². The number of hydrogen-bond donors (Lipinski definition) is 0. The molecule has 0 spiro atoms. The minimum absolute atomic E-state index is 0.00169. The molecule has 1 amide bonds. The lowest BCUT2D eigenvalue weighted by Gasteiger charge is -2.33. The molecule has 2 heterocycles. The Morgan fingerprint density at radius 1 is 1.29 bits per heavy atom. The zero-order valence-electron chi connectivity index (χ0n) is 9.50. The number of amides is 1. The molecule has 17 heavy (non-hydrogen) atoms. The molecule has 5 nitrogen and oxygen atoms in total. The quantitative estimate of drug-likeness (QED) is 0.793. The van der Waals surface area contributed by atoms with Crippen molar-refractivity contribution in [2.24, 2.45) is 0 Å². The molecule has 0 radical (unpaired) electrons. The maximum Gasteiger partial charge on any atom is 0.252 e. The van der Waals surface area contributed by atoms with Gasteiger partial charge in [0.15, 0.2) is 0 Å². The summed E-state index contributed by atoms with van der Waals surface area (Å²) < 4.78 is 26.1. The predicted molar refractivity (Wildman–Crippen MR) is 65.3 cm³/mol. The standard InChI is InChI=1S/C10H14N2O3S2/c1-9(13)11-4-6-12(7-5-11)17(14,15)10-3-2-8-16-10/h2-3,8H,4-7H2,1H3. The summed E-state index contributed by atoms with van der Waals surface area (Å²) in [6.07, 6.45) is 0. The first-order chi connectivity index (χ1) is 8.01. The summed E-state index contributed by atoms with van der Waals surface area (Å²) in [7, 11) is -3.35. The lowest BCUT2D eigenvalue weighted by atomic mass is 10.3. The number of thiophene rings is 1. The lowest BCUT2D eigenvalue weighted by molar-refractivity contribution is -0.129. The van der Waals surface area contributed by atoms with Gasteiger partial charge < -0.3 is 4.90 Å². The number of nitrogens with zero attached hydrogens (tertiary/aromatic N) is 2. The van der Waals surface area contributed by atoms with Crippen LogP contribution in [-0.4, -0.2) is 49.7 Å². The van der Waals surface area contributed by atoms with Crippen molar-refractivity contribution in [3.8, 4) is 0 Å². The van der Waals surface area contributed by atoms with E-state index in [1.54, 1.807) is 22.4 Å². The number of piperazine rings is 1. The molecular formula is C10H14N2O3S2. The SMILES string of the molecule is CC(=O)N1CCN(S(=O)(=O)c2cccs2)CC1. The second-order valence-corrected chi connectivity index (χ2v) is 6.95. The molecule has 7 heteroatoms. The van der Waals surface area contributed by atoms with Crippen LogP contribution in [0.15, 0.2) is 21.7 Å². The maximum atomic E-state index is 12.2. The van der Waals surface area contributed by atoms with E-state index in [1.165, 1.54) is 22.6 Å². The van der Waals surface area contributed by atoms with Gasteiger partial charge >= 0.3 is 0 Å². The molecule has 0 aromatic carbocycles. The zero-order chi connectivity index (χ0) is 12.5. The van der Waals surface area contributed by atoms with Crippen LogP contribution in [0.1, 0.15) is 6.92 Å². The molecule has 2 rings (SSSR count). The van der Waals surface area contributed by atoms with E-state index < -0.39 is 10.0 Å². The Balaban J connectivity index is 2.09. The molecule has 1 aliphatic heterocycles. The Labute approximate surface area is 105 Å². The molecule has 0 N–H and O–H groups in total. The molecule has 1 aromatic heterocycles. The van der Waals surface area contributed by atoms with E-state index in [-0.39, 0.29) is 5.91 Å². The maximum absolute atomic E-state index is 12.2. The normalized spacial score (nSPS) is 18.3. The van der Waals surface area contributed by atoms with Gasteiger partial charge in [0.1, 0.15) is 4.21 Å². The number of carbonyl (C=O) groups excluding carboxylic acids is 1. The molecule has 0 atom stereocenters. The Bertz CT molecular complexity index is 488. The van der Waals surface area contributed by atoms with Crippen LogP contribution < -0.4 is 0 Å². The molecule has 1 aromatic rings. The molecule has 0 aliphatic carbocycles. The van der Waals surface area contributed by atoms with Crippen LogP contribution in [0.5, 0.6) is 0 Å². The molecule has 94 valence electrons. The zero-order valence-corrected chi connectivity index (χ0v) is 11.1. The third-order valence-corrected chi connectivity index (χ3v) is 6.04. The first-order valence-electron chi connectivity index (χ1n) is 5.31. The van der Waals surface area contributed by atoms with Gasteiger partial charge in [0.05, 0.1) is 0 Å². The highest BCUT2D eigenvalue weighted by atomic mass is 32.2. The van der Waals surface area contributed by atoms with Gasteiger partial charge in [-0.1, -0.05) is 6.07 Å². The van der Waals surface area contributed by atoms with Crippen molar-refractivity contribution < 1.29 is 13.2 Å². The average molecular weight is 274 g/mol. The molecule has 1 saturated heterocycles. The third-order valence-electron chi connectivity index (χ3n) is 2.77. The van der Waals surface area contributed by atoms with Gasteiger partial charge in [-0.25, -0.2) is 8.42 Å². The van der Waals surface area contributed by atoms with Gasteiger partial charge in [0, 0.05) is 33.1 Å². The topological polar surface area (TPSA) is 57.7 Å². The van der Waals surface area contributed by atoms with Crippen LogP contribution in [0.3, 0.4) is 0 Å². The fourth-order valence-electron chi connectivity index (χ4n) is 1.78. The Kier molecular flexibility index (Phi) is 3.50. The molecule has 1 fully saturated rings. The van der Waals surface area contributed by atoms with Gasteiger partial charge in [0.2, 0.25) is 5.91 Å². The first-order valence-corrected chi connectivity index (χ1v) is 7.63. The molecule has 1 aliphatic rings. The van der Waals surface area contributed by atoms with E-state index in [1.807, 2.05) is 0 Å². The summed E-state index contributed by atoms with van der Waals surface area (Å²) in [5, 5.41) is 1.75. The number of sulfonamides is 1. The predicted octanol–water partition coefficient (Wildman–Crippen LogP) is 0.601. The van der Waals surface area contributed by atoms with Crippen LogP contribution in [0.25, 0.3) is 0 Å². The Morgan fingerprint density at radius 2 is 1.94 bits per heavy atom. The second kappa shape index (κ2) is 4.75. The van der Waals surface area contributed by atoms with E-state index in [2.05, 4.69) is 0 Å². The van der Waals surface area contributed by atoms with E-state index in [0.29, 0.717) is 30.4 Å². The van der Waals surface area contributed by atoms with Crippen LogP contribution in [0.2, 0.25) is 0 Å². The monoisotopic (exact) mass is 274 g/mol. The Hall–Kier alpha value is -0.920. The fourth-order valence-corrected chi connectivity index (χ4v) is 4.35. The minimum Gasteiger partial charge on any atom is -0.340 e. The summed E-state index contributed by atoms with van der Waals surface area (Å²) in [5.74, 6) is -0.00169. The highest BCUT2D eigenvalue weighted by Gasteiger charge is 2.29. The smallest absolute Gasteiger partial charge is 0.252 e. The highest BCUT2D eigenvalue weighted by molar-refractivity contribution is 7.91. The van der Waals surface area contributed by atoms with Crippen molar-refractivity contribution in [3.05, 3.63) is 17.5 Å². The number of carbonyl (C=O) groups is 1. The number of rotatable bonds is 2. The number of hydrogen-bond acceptors (Lipinski definition) is 4. The van der Waals surface area contributed by atoms with Gasteiger partial charge in [-0.3, -0.25) is 4.79 Å². The van der Waals surface area contributed by atoms with E-state index in [0.717, 1.165) is 0 Å². The molecule has 0 saturated carbocycles. The largest absolute Gasteiger partial charge is 0.340 e. The third kappa shape index (κ3) is 2.51. The van der Waals surface area contributed by atoms with E-state index in [9.17, 15) is 13.2 Å². The van der Waals surface area contributed by atoms with Crippen LogP contribution in [0.4, 0.5) is 0 Å². The van der Waals surface area contributed by atoms with Crippen molar-refractivity contribution in [3.63, 3.8) is 0 Å². The van der Waals surface area contributed by atoms with Gasteiger partial charge in [-0.2, -0.15) is 4.31 Å². The second-order valence-electron chi connectivity index (χ2n) is 3.84. The first kappa shape index (κ1) is 12.5. The van der Waals surface area contributed by atoms with Crippen molar-refractivity contribution in [2.75, 3.05) is 26.2 Å². The highest BCUT2D eigenvalue weighted by Crippen LogP contribution is 2.21. The Morgan fingerprint density at radius 3 is 2.41 bits per heavy atom. The fraction of sp³-hybridized carbons (Fsp3) is 0.500. The van der Waals surface area contributed by atoms with Crippen LogP contribution in [-0.2, 0) is 14.8 Å². The molecule has 0 bridgehead atoms. The summed E-state index contributed by atoms with van der Waals surface area (Å²) >= 11 is 1.22. The van der Waals surface area contributed by atoms with Crippen molar-refractivity contribution in [2.45, 2.75) is 11.1 Å². The molecule has 0 unspecified atom stereocenters. The van der Waals surface area contributed by atoms with Crippen molar-refractivity contribution in [1.29, 1.82) is 0 Å². The summed E-state index contributed by atoms with van der Waals surface area (Å²) in [4.78, 5) is 12.8. The van der Waals surface area contributed by atoms with Gasteiger partial charge in [-0.05, 0) is 11.4 Å². The lowest BCUT2D eigenvalue weighted by Crippen LogP contribution is -2.49. The minimum atomic E-state index is -3.35. The summed E-state index contributed by atoms with van der Waals surface area (Å²) in [5.41, 5.74) is 0. The summed E-state index contributed by atoms with van der Waals surface area (Å²) in [6, 6.07) is 3.33. The van der Waals surface area contributed by atoms with E-state index >= 15 is 0 Å². The van der Waals surface area contributed by atoms with Crippen molar-refractivity contribution in [1.82, 2.24) is 9.21 Å². The molecular weight excluding hydrogens is 260 g/mol. The summed E-state index contributed by atoms with van der Waals surface area (Å²) in [6.45, 7) is 3.20. The van der Waals surface area contributed by atoms with Gasteiger partial charge in [0.25, 0.3) is 10.0 Å². The average Bonchev–Trinajstić information content (AvgIpc) is 2.83. The van der Waals surface area contributed by atoms with Gasteiger partial charge in [-0.15, -0.1) is 11.3 Å².